The molecule has 3 rings (SSSR count). The van der Waals surface area contributed by atoms with Crippen molar-refractivity contribution >= 4 is 17.0 Å². The van der Waals surface area contributed by atoms with E-state index in [-0.39, 0.29) is 6.04 Å². The molecule has 1 aliphatic heterocycles. The first-order chi connectivity index (χ1) is 9.70. The van der Waals surface area contributed by atoms with Crippen LogP contribution in [-0.4, -0.2) is 11.5 Å². The molecule has 0 saturated carbocycles. The SMILES string of the molecule is CCC(N)c1ccc(N2CCc3sccc3C2C)cn1. The summed E-state index contributed by atoms with van der Waals surface area (Å²) in [5.74, 6) is 0. The maximum atomic E-state index is 6.02. The fourth-order valence-corrected chi connectivity index (χ4v) is 3.82. The van der Waals surface area contributed by atoms with Crippen LogP contribution < -0.4 is 10.6 Å². The van der Waals surface area contributed by atoms with Crippen molar-refractivity contribution in [2.24, 2.45) is 5.73 Å². The van der Waals surface area contributed by atoms with E-state index in [4.69, 9.17) is 5.73 Å². The molecule has 106 valence electrons. The standard InChI is InChI=1S/C16H21N3S/c1-3-14(17)15-5-4-12(10-18-15)19-8-6-16-13(11(19)2)7-9-20-16/h4-5,7,9-11,14H,3,6,8,17H2,1-2H3. The fourth-order valence-electron chi connectivity index (χ4n) is 2.86. The van der Waals surface area contributed by atoms with Crippen molar-refractivity contribution in [2.45, 2.75) is 38.8 Å². The van der Waals surface area contributed by atoms with Crippen molar-refractivity contribution < 1.29 is 0 Å². The average molecular weight is 287 g/mol. The monoisotopic (exact) mass is 287 g/mol. The molecule has 0 fully saturated rings. The van der Waals surface area contributed by atoms with E-state index in [1.807, 2.05) is 17.5 Å². The molecule has 0 spiro atoms. The largest absolute Gasteiger partial charge is 0.363 e. The summed E-state index contributed by atoms with van der Waals surface area (Å²) >= 11 is 1.88. The lowest BCUT2D eigenvalue weighted by atomic mass is 10.0. The Labute approximate surface area is 124 Å². The van der Waals surface area contributed by atoms with Crippen molar-refractivity contribution in [3.63, 3.8) is 0 Å². The number of nitrogens with zero attached hydrogens (tertiary/aromatic N) is 2. The Bertz CT molecular complexity index is 576. The number of aromatic nitrogens is 1. The smallest absolute Gasteiger partial charge is 0.0572 e. The molecule has 2 atom stereocenters. The molecule has 20 heavy (non-hydrogen) atoms. The summed E-state index contributed by atoms with van der Waals surface area (Å²) < 4.78 is 0. The van der Waals surface area contributed by atoms with Crippen LogP contribution in [0, 0.1) is 0 Å². The second-order valence-corrected chi connectivity index (χ2v) is 6.38. The van der Waals surface area contributed by atoms with Gasteiger partial charge in [0.25, 0.3) is 0 Å². The highest BCUT2D eigenvalue weighted by molar-refractivity contribution is 7.10. The molecule has 0 bridgehead atoms. The highest BCUT2D eigenvalue weighted by atomic mass is 32.1. The van der Waals surface area contributed by atoms with Crippen LogP contribution in [0.25, 0.3) is 0 Å². The molecule has 0 radical (unpaired) electrons. The van der Waals surface area contributed by atoms with Crippen LogP contribution in [0.3, 0.4) is 0 Å². The summed E-state index contributed by atoms with van der Waals surface area (Å²) in [7, 11) is 0. The van der Waals surface area contributed by atoms with Crippen LogP contribution in [0.2, 0.25) is 0 Å². The zero-order valence-electron chi connectivity index (χ0n) is 12.0. The summed E-state index contributed by atoms with van der Waals surface area (Å²) in [6.45, 7) is 5.43. The molecule has 2 aromatic rings. The zero-order valence-corrected chi connectivity index (χ0v) is 12.9. The average Bonchev–Trinajstić information content (AvgIpc) is 2.96. The molecular weight excluding hydrogens is 266 g/mol. The highest BCUT2D eigenvalue weighted by Gasteiger charge is 2.25. The summed E-state index contributed by atoms with van der Waals surface area (Å²) in [5.41, 5.74) is 9.67. The maximum Gasteiger partial charge on any atom is 0.0572 e. The Morgan fingerprint density at radius 1 is 1.45 bits per heavy atom. The second kappa shape index (κ2) is 5.54. The number of rotatable bonds is 3. The van der Waals surface area contributed by atoms with Crippen molar-refractivity contribution in [1.29, 1.82) is 0 Å². The van der Waals surface area contributed by atoms with Gasteiger partial charge in [-0.15, -0.1) is 11.3 Å². The molecular formula is C16H21N3S. The number of nitrogens with two attached hydrogens (primary N) is 1. The van der Waals surface area contributed by atoms with E-state index in [1.165, 1.54) is 16.1 Å². The van der Waals surface area contributed by atoms with Gasteiger partial charge in [-0.25, -0.2) is 0 Å². The van der Waals surface area contributed by atoms with Gasteiger partial charge in [-0.3, -0.25) is 4.98 Å². The van der Waals surface area contributed by atoms with Crippen LogP contribution in [0.4, 0.5) is 5.69 Å². The van der Waals surface area contributed by atoms with Crippen molar-refractivity contribution in [3.05, 3.63) is 45.9 Å². The molecule has 4 heteroatoms. The lowest BCUT2D eigenvalue weighted by molar-refractivity contribution is 0.629. The Hall–Kier alpha value is -1.39. The van der Waals surface area contributed by atoms with E-state index in [9.17, 15) is 0 Å². The van der Waals surface area contributed by atoms with Gasteiger partial charge in [0.05, 0.1) is 23.6 Å². The number of thiophene rings is 1. The van der Waals surface area contributed by atoms with E-state index in [0.29, 0.717) is 6.04 Å². The first-order valence-corrected chi connectivity index (χ1v) is 8.13. The minimum Gasteiger partial charge on any atom is -0.363 e. The first kappa shape index (κ1) is 13.6. The summed E-state index contributed by atoms with van der Waals surface area (Å²) in [6, 6.07) is 6.96. The summed E-state index contributed by atoms with van der Waals surface area (Å²) in [6.07, 6.45) is 4.02. The molecule has 2 N–H and O–H groups in total. The van der Waals surface area contributed by atoms with Gasteiger partial charge >= 0.3 is 0 Å². The van der Waals surface area contributed by atoms with Crippen LogP contribution in [-0.2, 0) is 6.42 Å². The summed E-state index contributed by atoms with van der Waals surface area (Å²) in [4.78, 5) is 8.51. The highest BCUT2D eigenvalue weighted by Crippen LogP contribution is 2.35. The minimum atomic E-state index is 0.0475. The zero-order chi connectivity index (χ0) is 14.1. The van der Waals surface area contributed by atoms with Crippen LogP contribution in [0.1, 0.15) is 48.5 Å². The van der Waals surface area contributed by atoms with Crippen LogP contribution in [0.5, 0.6) is 0 Å². The normalized spacial score (nSPS) is 19.8. The van der Waals surface area contributed by atoms with Crippen molar-refractivity contribution in [3.8, 4) is 0 Å². The Balaban J connectivity index is 1.83. The first-order valence-electron chi connectivity index (χ1n) is 7.25. The predicted molar refractivity (Wildman–Crippen MR) is 85.2 cm³/mol. The number of fused-ring (bicyclic) bond motifs is 1. The van der Waals surface area contributed by atoms with E-state index in [2.05, 4.69) is 47.3 Å². The third-order valence-electron chi connectivity index (χ3n) is 4.20. The van der Waals surface area contributed by atoms with Gasteiger partial charge in [0.2, 0.25) is 0 Å². The molecule has 0 amide bonds. The summed E-state index contributed by atoms with van der Waals surface area (Å²) in [5, 5.41) is 2.20. The van der Waals surface area contributed by atoms with Gasteiger partial charge in [-0.1, -0.05) is 6.92 Å². The van der Waals surface area contributed by atoms with Gasteiger partial charge in [0.15, 0.2) is 0 Å². The molecule has 3 nitrogen and oxygen atoms in total. The molecule has 2 unspecified atom stereocenters. The Kier molecular flexibility index (Phi) is 3.76. The second-order valence-electron chi connectivity index (χ2n) is 5.37. The van der Waals surface area contributed by atoms with Crippen molar-refractivity contribution in [1.82, 2.24) is 4.98 Å². The van der Waals surface area contributed by atoms with Gasteiger partial charge in [0.1, 0.15) is 0 Å². The fraction of sp³-hybridized carbons (Fsp3) is 0.438. The molecule has 0 aromatic carbocycles. The number of pyridine rings is 1. The van der Waals surface area contributed by atoms with Gasteiger partial charge in [-0.05, 0) is 48.9 Å². The van der Waals surface area contributed by atoms with E-state index >= 15 is 0 Å². The Morgan fingerprint density at radius 3 is 3.00 bits per heavy atom. The van der Waals surface area contributed by atoms with Gasteiger partial charge < -0.3 is 10.6 Å². The predicted octanol–water partition coefficient (Wildman–Crippen LogP) is 3.68. The molecule has 3 heterocycles. The van der Waals surface area contributed by atoms with Crippen LogP contribution >= 0.6 is 11.3 Å². The minimum absolute atomic E-state index is 0.0475. The number of hydrogen-bond donors (Lipinski definition) is 1. The van der Waals surface area contributed by atoms with E-state index in [0.717, 1.165) is 25.1 Å². The molecule has 1 aliphatic rings. The third-order valence-corrected chi connectivity index (χ3v) is 5.20. The van der Waals surface area contributed by atoms with Gasteiger partial charge in [0, 0.05) is 17.5 Å². The van der Waals surface area contributed by atoms with E-state index in [1.54, 1.807) is 0 Å². The molecule has 0 aliphatic carbocycles. The van der Waals surface area contributed by atoms with Crippen LogP contribution in [0.15, 0.2) is 29.8 Å². The Morgan fingerprint density at radius 2 is 2.30 bits per heavy atom. The lowest BCUT2D eigenvalue weighted by Gasteiger charge is -2.35. The topological polar surface area (TPSA) is 42.1 Å². The molecule has 2 aromatic heterocycles. The lowest BCUT2D eigenvalue weighted by Crippen LogP contribution is -2.33. The molecule has 0 saturated heterocycles. The maximum absolute atomic E-state index is 6.02. The van der Waals surface area contributed by atoms with E-state index < -0.39 is 0 Å². The van der Waals surface area contributed by atoms with Crippen molar-refractivity contribution in [2.75, 3.05) is 11.4 Å². The quantitative estimate of drug-likeness (QED) is 0.936. The number of hydrogen-bond acceptors (Lipinski definition) is 4. The third kappa shape index (κ3) is 2.34. The van der Waals surface area contributed by atoms with Gasteiger partial charge in [-0.2, -0.15) is 0 Å². The number of anilines is 1.